The number of aromatic nitrogens is 2. The van der Waals surface area contributed by atoms with Crippen molar-refractivity contribution >= 4 is 11.8 Å². The SMILES string of the molecule is Cc1ccnn1-c1ccc(C(=O)N2CCC(C(=O)NCCc3ccccc3F)CC2)cc1. The highest BCUT2D eigenvalue weighted by Gasteiger charge is 2.27. The fourth-order valence-corrected chi connectivity index (χ4v) is 4.08. The third-order valence-corrected chi connectivity index (χ3v) is 6.00. The van der Waals surface area contributed by atoms with Gasteiger partial charge in [0.05, 0.1) is 5.69 Å². The summed E-state index contributed by atoms with van der Waals surface area (Å²) in [7, 11) is 0. The second-order valence-electron chi connectivity index (χ2n) is 8.13. The van der Waals surface area contributed by atoms with Crippen LogP contribution in [0.3, 0.4) is 0 Å². The molecule has 1 aliphatic heterocycles. The third-order valence-electron chi connectivity index (χ3n) is 6.00. The van der Waals surface area contributed by atoms with Crippen LogP contribution in [0, 0.1) is 18.7 Å². The first kappa shape index (κ1) is 21.7. The van der Waals surface area contributed by atoms with Gasteiger partial charge in [0.1, 0.15) is 5.82 Å². The fraction of sp³-hybridized carbons (Fsp3) is 0.320. The molecule has 1 fully saturated rings. The highest BCUT2D eigenvalue weighted by atomic mass is 19.1. The molecule has 2 aromatic carbocycles. The summed E-state index contributed by atoms with van der Waals surface area (Å²) in [6.07, 6.45) is 3.46. The lowest BCUT2D eigenvalue weighted by Crippen LogP contribution is -2.43. The van der Waals surface area contributed by atoms with E-state index in [0.717, 1.165) is 11.4 Å². The molecule has 3 aromatic rings. The smallest absolute Gasteiger partial charge is 0.253 e. The van der Waals surface area contributed by atoms with Gasteiger partial charge < -0.3 is 10.2 Å². The Morgan fingerprint density at radius 2 is 1.78 bits per heavy atom. The van der Waals surface area contributed by atoms with Gasteiger partial charge >= 0.3 is 0 Å². The van der Waals surface area contributed by atoms with Crippen molar-refractivity contribution in [2.24, 2.45) is 5.92 Å². The number of aryl methyl sites for hydroxylation is 1. The summed E-state index contributed by atoms with van der Waals surface area (Å²) in [6.45, 7) is 3.47. The van der Waals surface area contributed by atoms with E-state index in [1.807, 2.05) is 41.9 Å². The molecule has 0 bridgehead atoms. The number of hydrogen-bond donors (Lipinski definition) is 1. The number of hydrogen-bond acceptors (Lipinski definition) is 3. The van der Waals surface area contributed by atoms with Gasteiger partial charge in [-0.2, -0.15) is 5.10 Å². The van der Waals surface area contributed by atoms with Crippen molar-refractivity contribution < 1.29 is 14.0 Å². The lowest BCUT2D eigenvalue weighted by molar-refractivity contribution is -0.126. The van der Waals surface area contributed by atoms with Crippen LogP contribution in [0.1, 0.15) is 34.5 Å². The number of rotatable bonds is 6. The Morgan fingerprint density at radius 1 is 1.06 bits per heavy atom. The molecule has 166 valence electrons. The van der Waals surface area contributed by atoms with Gasteiger partial charge in [0.15, 0.2) is 0 Å². The topological polar surface area (TPSA) is 67.2 Å². The van der Waals surface area contributed by atoms with E-state index < -0.39 is 0 Å². The summed E-state index contributed by atoms with van der Waals surface area (Å²) in [4.78, 5) is 27.2. The molecule has 0 saturated carbocycles. The third kappa shape index (κ3) is 4.88. The van der Waals surface area contributed by atoms with E-state index in [1.165, 1.54) is 6.07 Å². The van der Waals surface area contributed by atoms with Crippen LogP contribution in [0.5, 0.6) is 0 Å². The van der Waals surface area contributed by atoms with Crippen LogP contribution in [0.2, 0.25) is 0 Å². The number of benzene rings is 2. The summed E-state index contributed by atoms with van der Waals surface area (Å²) >= 11 is 0. The van der Waals surface area contributed by atoms with Crippen molar-refractivity contribution in [3.05, 3.63) is 83.4 Å². The summed E-state index contributed by atoms with van der Waals surface area (Å²) in [5.74, 6) is -0.411. The molecule has 4 rings (SSSR count). The Morgan fingerprint density at radius 3 is 2.44 bits per heavy atom. The van der Waals surface area contributed by atoms with E-state index in [1.54, 1.807) is 29.3 Å². The first-order chi connectivity index (χ1) is 15.5. The molecule has 1 saturated heterocycles. The van der Waals surface area contributed by atoms with E-state index in [9.17, 15) is 14.0 Å². The molecule has 2 amide bonds. The van der Waals surface area contributed by atoms with Crippen LogP contribution in [0.4, 0.5) is 4.39 Å². The maximum absolute atomic E-state index is 13.7. The van der Waals surface area contributed by atoms with Crippen molar-refractivity contribution in [3.63, 3.8) is 0 Å². The zero-order valence-electron chi connectivity index (χ0n) is 18.1. The second-order valence-corrected chi connectivity index (χ2v) is 8.13. The van der Waals surface area contributed by atoms with Gasteiger partial charge in [0.25, 0.3) is 5.91 Å². The molecule has 0 aliphatic carbocycles. The Balaban J connectivity index is 1.26. The highest BCUT2D eigenvalue weighted by Crippen LogP contribution is 2.20. The van der Waals surface area contributed by atoms with E-state index in [2.05, 4.69) is 10.4 Å². The van der Waals surface area contributed by atoms with Crippen LogP contribution in [-0.2, 0) is 11.2 Å². The maximum atomic E-state index is 13.7. The maximum Gasteiger partial charge on any atom is 0.253 e. The average Bonchev–Trinajstić information content (AvgIpc) is 3.26. The van der Waals surface area contributed by atoms with E-state index in [0.29, 0.717) is 50.0 Å². The van der Waals surface area contributed by atoms with Crippen LogP contribution < -0.4 is 5.32 Å². The molecule has 0 spiro atoms. The standard InChI is InChI=1S/C25H27FN4O2/c1-18-10-15-28-30(18)22-8-6-21(7-9-22)25(32)29-16-12-20(13-17-29)24(31)27-14-11-19-4-2-3-5-23(19)26/h2-10,15,20H,11-14,16-17H2,1H3,(H,27,31). The van der Waals surface area contributed by atoms with Gasteiger partial charge in [0.2, 0.25) is 5.91 Å². The molecule has 2 heterocycles. The summed E-state index contributed by atoms with van der Waals surface area (Å²) in [6, 6.07) is 16.0. The monoisotopic (exact) mass is 434 g/mol. The van der Waals surface area contributed by atoms with Gasteiger partial charge in [-0.25, -0.2) is 9.07 Å². The van der Waals surface area contributed by atoms with E-state index in [-0.39, 0.29) is 23.5 Å². The number of amides is 2. The molecule has 1 aromatic heterocycles. The summed E-state index contributed by atoms with van der Waals surface area (Å²) < 4.78 is 15.5. The number of piperidine rings is 1. The van der Waals surface area contributed by atoms with Gasteiger partial charge in [-0.3, -0.25) is 9.59 Å². The Hall–Kier alpha value is -3.48. The predicted octanol–water partition coefficient (Wildman–Crippen LogP) is 3.53. The molecule has 0 unspecified atom stereocenters. The molecule has 32 heavy (non-hydrogen) atoms. The number of likely N-dealkylation sites (tertiary alicyclic amines) is 1. The van der Waals surface area contributed by atoms with Gasteiger partial charge in [0, 0.05) is 43.0 Å². The average molecular weight is 435 g/mol. The normalized spacial score (nSPS) is 14.4. The molecule has 7 heteroatoms. The summed E-state index contributed by atoms with van der Waals surface area (Å²) in [5, 5.41) is 7.19. The fourth-order valence-electron chi connectivity index (χ4n) is 4.08. The Labute approximate surface area is 187 Å². The quantitative estimate of drug-likeness (QED) is 0.645. The van der Waals surface area contributed by atoms with E-state index in [4.69, 9.17) is 0 Å². The molecule has 0 atom stereocenters. The molecule has 6 nitrogen and oxygen atoms in total. The Kier molecular flexibility index (Phi) is 6.63. The number of carbonyl (C=O) groups excluding carboxylic acids is 2. The van der Waals surface area contributed by atoms with Crippen molar-refractivity contribution in [1.82, 2.24) is 20.0 Å². The second kappa shape index (κ2) is 9.77. The number of nitrogens with zero attached hydrogens (tertiary/aromatic N) is 3. The Bertz CT molecular complexity index is 1090. The molecular weight excluding hydrogens is 407 g/mol. The summed E-state index contributed by atoms with van der Waals surface area (Å²) in [5.41, 5.74) is 3.17. The molecule has 1 aliphatic rings. The number of nitrogens with one attached hydrogen (secondary N) is 1. The lowest BCUT2D eigenvalue weighted by atomic mass is 9.95. The van der Waals surface area contributed by atoms with Crippen molar-refractivity contribution in [1.29, 1.82) is 0 Å². The van der Waals surface area contributed by atoms with Crippen LogP contribution in [0.25, 0.3) is 5.69 Å². The minimum Gasteiger partial charge on any atom is -0.356 e. The number of halogens is 1. The largest absolute Gasteiger partial charge is 0.356 e. The minimum atomic E-state index is -0.249. The van der Waals surface area contributed by atoms with E-state index >= 15 is 0 Å². The lowest BCUT2D eigenvalue weighted by Gasteiger charge is -2.31. The van der Waals surface area contributed by atoms with Crippen molar-refractivity contribution in [2.45, 2.75) is 26.2 Å². The van der Waals surface area contributed by atoms with Crippen LogP contribution in [0.15, 0.2) is 60.8 Å². The van der Waals surface area contributed by atoms with Crippen LogP contribution in [-0.4, -0.2) is 46.1 Å². The molecule has 0 radical (unpaired) electrons. The molecule has 1 N–H and O–H groups in total. The van der Waals surface area contributed by atoms with Crippen LogP contribution >= 0.6 is 0 Å². The number of carbonyl (C=O) groups is 2. The first-order valence-electron chi connectivity index (χ1n) is 10.9. The van der Waals surface area contributed by atoms with Crippen molar-refractivity contribution in [2.75, 3.05) is 19.6 Å². The molecular formula is C25H27FN4O2. The zero-order valence-corrected chi connectivity index (χ0v) is 18.1. The zero-order chi connectivity index (χ0) is 22.5. The van der Waals surface area contributed by atoms with Gasteiger partial charge in [-0.05, 0) is 68.1 Å². The predicted molar refractivity (Wildman–Crippen MR) is 120 cm³/mol. The van der Waals surface area contributed by atoms with Gasteiger partial charge in [-0.1, -0.05) is 18.2 Å². The minimum absolute atomic E-state index is 0.0209. The highest BCUT2D eigenvalue weighted by molar-refractivity contribution is 5.94. The van der Waals surface area contributed by atoms with Crippen molar-refractivity contribution in [3.8, 4) is 5.69 Å². The van der Waals surface area contributed by atoms with Gasteiger partial charge in [-0.15, -0.1) is 0 Å². The first-order valence-corrected chi connectivity index (χ1v) is 10.9.